The van der Waals surface area contributed by atoms with E-state index in [0.717, 1.165) is 5.56 Å². The second-order valence-electron chi connectivity index (χ2n) is 4.93. The Morgan fingerprint density at radius 2 is 1.56 bits per heavy atom. The van der Waals surface area contributed by atoms with Crippen LogP contribution in [0.15, 0.2) is 48.5 Å². The second-order valence-corrected chi connectivity index (χ2v) is 4.93. The van der Waals surface area contributed by atoms with Gasteiger partial charge >= 0.3 is 0 Å². The highest BCUT2D eigenvalue weighted by Gasteiger charge is 2.07. The fraction of sp³-hybridized carbons (Fsp3) is 0.263. The zero-order valence-electron chi connectivity index (χ0n) is 14.6. The molecular weight excluding hydrogens is 323 g/mol. The quantitative estimate of drug-likeness (QED) is 0.843. The summed E-state index contributed by atoms with van der Waals surface area (Å²) < 4.78 is 17.9. The van der Waals surface area contributed by atoms with Crippen molar-refractivity contribution in [1.82, 2.24) is 5.32 Å². The maximum absolute atomic E-state index is 12.7. The van der Waals surface area contributed by atoms with E-state index in [9.17, 15) is 14.0 Å². The van der Waals surface area contributed by atoms with Crippen LogP contribution in [0.25, 0.3) is 0 Å². The number of anilines is 1. The molecule has 134 valence electrons. The third kappa shape index (κ3) is 7.97. The van der Waals surface area contributed by atoms with Crippen LogP contribution in [0.4, 0.5) is 10.1 Å². The fourth-order valence-corrected chi connectivity index (χ4v) is 1.75. The average molecular weight is 346 g/mol. The van der Waals surface area contributed by atoms with Crippen molar-refractivity contribution in [1.29, 1.82) is 0 Å². The Balaban J connectivity index is 0.00000151. The number of hydrogen-bond donors (Lipinski definition) is 2. The summed E-state index contributed by atoms with van der Waals surface area (Å²) in [6, 6.07) is 12.7. The molecule has 0 spiro atoms. The summed E-state index contributed by atoms with van der Waals surface area (Å²) in [6.45, 7) is 5.55. The van der Waals surface area contributed by atoms with Crippen LogP contribution in [0.2, 0.25) is 0 Å². The zero-order chi connectivity index (χ0) is 18.7. The van der Waals surface area contributed by atoms with Crippen molar-refractivity contribution in [3.63, 3.8) is 0 Å². The van der Waals surface area contributed by atoms with E-state index in [4.69, 9.17) is 4.74 Å². The Morgan fingerprint density at radius 1 is 0.960 bits per heavy atom. The highest BCUT2D eigenvalue weighted by atomic mass is 19.1. The van der Waals surface area contributed by atoms with Gasteiger partial charge in [-0.25, -0.2) is 4.39 Å². The minimum Gasteiger partial charge on any atom is -0.484 e. The van der Waals surface area contributed by atoms with Gasteiger partial charge < -0.3 is 15.4 Å². The van der Waals surface area contributed by atoms with Crippen molar-refractivity contribution in [3.05, 3.63) is 59.9 Å². The van der Waals surface area contributed by atoms with Crippen LogP contribution in [-0.2, 0) is 9.59 Å². The summed E-state index contributed by atoms with van der Waals surface area (Å²) in [7, 11) is 0. The van der Waals surface area contributed by atoms with Gasteiger partial charge in [-0.05, 0) is 43.3 Å². The van der Waals surface area contributed by atoms with Gasteiger partial charge in [-0.3, -0.25) is 9.59 Å². The first-order valence-electron chi connectivity index (χ1n) is 8.04. The Hall–Kier alpha value is -2.89. The molecule has 2 rings (SSSR count). The van der Waals surface area contributed by atoms with E-state index >= 15 is 0 Å². The first-order chi connectivity index (χ1) is 12.0. The maximum Gasteiger partial charge on any atom is 0.258 e. The normalized spacial score (nSPS) is 9.44. The molecule has 5 nitrogen and oxygen atoms in total. The summed E-state index contributed by atoms with van der Waals surface area (Å²) in [4.78, 5) is 23.3. The highest BCUT2D eigenvalue weighted by molar-refractivity contribution is 5.94. The van der Waals surface area contributed by atoms with Crippen LogP contribution in [0, 0.1) is 12.7 Å². The van der Waals surface area contributed by atoms with Gasteiger partial charge in [-0.15, -0.1) is 0 Å². The third-order valence-corrected chi connectivity index (χ3v) is 2.97. The molecule has 0 aliphatic carbocycles. The van der Waals surface area contributed by atoms with Crippen molar-refractivity contribution in [2.24, 2.45) is 0 Å². The molecule has 0 fully saturated rings. The number of carbonyl (C=O) groups is 2. The van der Waals surface area contributed by atoms with Gasteiger partial charge in [0, 0.05) is 5.69 Å². The van der Waals surface area contributed by atoms with E-state index in [0.29, 0.717) is 11.4 Å². The van der Waals surface area contributed by atoms with Gasteiger partial charge in [-0.2, -0.15) is 0 Å². The Bertz CT molecular complexity index is 670. The van der Waals surface area contributed by atoms with Crippen LogP contribution in [0.3, 0.4) is 0 Å². The van der Waals surface area contributed by atoms with Crippen LogP contribution in [0.5, 0.6) is 5.75 Å². The molecule has 0 saturated carbocycles. The van der Waals surface area contributed by atoms with Gasteiger partial charge in [0.05, 0.1) is 6.54 Å². The highest BCUT2D eigenvalue weighted by Crippen LogP contribution is 2.10. The van der Waals surface area contributed by atoms with E-state index in [2.05, 4.69) is 10.6 Å². The van der Waals surface area contributed by atoms with Crippen molar-refractivity contribution in [2.45, 2.75) is 20.8 Å². The molecule has 0 aliphatic rings. The lowest BCUT2D eigenvalue weighted by atomic mass is 10.2. The number of rotatable bonds is 6. The summed E-state index contributed by atoms with van der Waals surface area (Å²) in [5, 5.41) is 5.11. The largest absolute Gasteiger partial charge is 0.484 e. The molecule has 0 radical (unpaired) electrons. The Kier molecular flexibility index (Phi) is 8.71. The molecule has 0 bridgehead atoms. The molecule has 2 aromatic carbocycles. The molecule has 2 aromatic rings. The van der Waals surface area contributed by atoms with Crippen molar-refractivity contribution in [3.8, 4) is 5.75 Å². The number of benzene rings is 2. The number of halogens is 1. The number of ether oxygens (including phenoxy) is 1. The number of aryl methyl sites for hydroxylation is 1. The van der Waals surface area contributed by atoms with Crippen molar-refractivity contribution < 1.29 is 18.7 Å². The zero-order valence-corrected chi connectivity index (χ0v) is 14.6. The summed E-state index contributed by atoms with van der Waals surface area (Å²) in [5.74, 6) is -0.766. The molecule has 0 aliphatic heterocycles. The Morgan fingerprint density at radius 3 is 2.16 bits per heavy atom. The maximum atomic E-state index is 12.7. The van der Waals surface area contributed by atoms with Gasteiger partial charge in [0.2, 0.25) is 5.91 Å². The molecule has 0 atom stereocenters. The van der Waals surface area contributed by atoms with Gasteiger partial charge in [0.25, 0.3) is 5.91 Å². The standard InChI is InChI=1S/C17H17FN2O3.C2H6/c1-12-2-6-14(7-3-12)20-16(21)10-19-17(22)11-23-15-8-4-13(18)5-9-15;1-2/h2-9H,10-11H2,1H3,(H,19,22)(H,20,21);1-2H3. The first kappa shape index (κ1) is 20.2. The summed E-state index contributed by atoms with van der Waals surface area (Å²) >= 11 is 0. The lowest BCUT2D eigenvalue weighted by molar-refractivity contribution is -0.125. The molecule has 0 aromatic heterocycles. The van der Waals surface area contributed by atoms with E-state index < -0.39 is 5.91 Å². The second kappa shape index (κ2) is 10.8. The monoisotopic (exact) mass is 346 g/mol. The van der Waals surface area contributed by atoms with E-state index in [1.54, 1.807) is 12.1 Å². The topological polar surface area (TPSA) is 67.4 Å². The number of carbonyl (C=O) groups excluding carboxylic acids is 2. The summed E-state index contributed by atoms with van der Waals surface area (Å²) in [6.07, 6.45) is 0. The minimum absolute atomic E-state index is 0.153. The number of hydrogen-bond acceptors (Lipinski definition) is 3. The van der Waals surface area contributed by atoms with Crippen molar-refractivity contribution in [2.75, 3.05) is 18.5 Å². The fourth-order valence-electron chi connectivity index (χ4n) is 1.75. The number of amides is 2. The average Bonchev–Trinajstić information content (AvgIpc) is 2.63. The van der Waals surface area contributed by atoms with Crippen molar-refractivity contribution >= 4 is 17.5 Å². The predicted molar refractivity (Wildman–Crippen MR) is 96.1 cm³/mol. The van der Waals surface area contributed by atoms with Crippen LogP contribution in [-0.4, -0.2) is 25.0 Å². The SMILES string of the molecule is CC.Cc1ccc(NC(=O)CNC(=O)COc2ccc(F)cc2)cc1. The first-order valence-corrected chi connectivity index (χ1v) is 8.04. The molecular formula is C19H23FN2O3. The lowest BCUT2D eigenvalue weighted by Gasteiger charge is -2.08. The van der Waals surface area contributed by atoms with E-state index in [1.807, 2.05) is 32.9 Å². The lowest BCUT2D eigenvalue weighted by Crippen LogP contribution is -2.35. The number of nitrogens with one attached hydrogen (secondary N) is 2. The minimum atomic E-state index is -0.437. The van der Waals surface area contributed by atoms with Crippen LogP contribution in [0.1, 0.15) is 19.4 Å². The van der Waals surface area contributed by atoms with E-state index in [-0.39, 0.29) is 24.9 Å². The molecule has 2 N–H and O–H groups in total. The molecule has 6 heteroatoms. The third-order valence-electron chi connectivity index (χ3n) is 2.97. The molecule has 2 amide bonds. The summed E-state index contributed by atoms with van der Waals surface area (Å²) in [5.41, 5.74) is 1.76. The van der Waals surface area contributed by atoms with Gasteiger partial charge in [0.1, 0.15) is 11.6 Å². The smallest absolute Gasteiger partial charge is 0.258 e. The van der Waals surface area contributed by atoms with Crippen LogP contribution < -0.4 is 15.4 Å². The Labute approximate surface area is 147 Å². The molecule has 0 heterocycles. The molecule has 0 saturated heterocycles. The molecule has 25 heavy (non-hydrogen) atoms. The predicted octanol–water partition coefficient (Wildman–Crippen LogP) is 3.29. The van der Waals surface area contributed by atoms with Gasteiger partial charge in [-0.1, -0.05) is 31.5 Å². The van der Waals surface area contributed by atoms with Gasteiger partial charge in [0.15, 0.2) is 6.61 Å². The molecule has 0 unspecified atom stereocenters. The van der Waals surface area contributed by atoms with Crippen LogP contribution >= 0.6 is 0 Å². The van der Waals surface area contributed by atoms with E-state index in [1.165, 1.54) is 24.3 Å².